The smallest absolute Gasteiger partial charge is 0.334 e. The van der Waals surface area contributed by atoms with Gasteiger partial charge in [-0.2, -0.15) is 0 Å². The predicted molar refractivity (Wildman–Crippen MR) is 65.3 cm³/mol. The third-order valence-corrected chi connectivity index (χ3v) is 4.23. The molecule has 1 atom stereocenters. The number of ether oxygens (including phenoxy) is 1. The molecule has 1 spiro atoms. The second-order valence-corrected chi connectivity index (χ2v) is 5.52. The molecule has 2 amide bonds. The van der Waals surface area contributed by atoms with Crippen molar-refractivity contribution >= 4 is 17.8 Å². The van der Waals surface area contributed by atoms with Crippen LogP contribution in [-0.2, 0) is 19.1 Å². The number of methoxy groups -OCH3 is 1. The number of carboxylic acid groups (broad SMARTS) is 1. The van der Waals surface area contributed by atoms with Crippen LogP contribution in [0.4, 0.5) is 0 Å². The molecule has 2 aliphatic rings. The van der Waals surface area contributed by atoms with E-state index >= 15 is 0 Å². The maximum atomic E-state index is 12.1. The maximum absolute atomic E-state index is 12.1. The van der Waals surface area contributed by atoms with Gasteiger partial charge in [0.15, 0.2) is 6.10 Å². The Morgan fingerprint density at radius 2 is 1.84 bits per heavy atom. The zero-order valence-corrected chi connectivity index (χ0v) is 11.1. The van der Waals surface area contributed by atoms with Gasteiger partial charge in [0, 0.05) is 20.0 Å². The number of likely N-dealkylation sites (tertiary alicyclic amines) is 1. The summed E-state index contributed by atoms with van der Waals surface area (Å²) >= 11 is 0. The molecule has 1 aliphatic heterocycles. The van der Waals surface area contributed by atoms with Gasteiger partial charge >= 0.3 is 5.97 Å². The minimum Gasteiger partial charge on any atom is -0.479 e. The van der Waals surface area contributed by atoms with Gasteiger partial charge in [0.05, 0.1) is 6.54 Å². The molecule has 1 saturated heterocycles. The highest BCUT2D eigenvalue weighted by Crippen LogP contribution is 2.46. The van der Waals surface area contributed by atoms with E-state index in [0.717, 1.165) is 30.6 Å². The first-order valence-electron chi connectivity index (χ1n) is 6.56. The van der Waals surface area contributed by atoms with E-state index in [0.29, 0.717) is 12.8 Å². The molecule has 2 rings (SSSR count). The zero-order chi connectivity index (χ0) is 14.0. The molecule has 1 aliphatic carbocycles. The molecule has 106 valence electrons. The molecule has 0 aromatic heterocycles. The summed E-state index contributed by atoms with van der Waals surface area (Å²) < 4.78 is 4.78. The molecule has 0 bridgehead atoms. The van der Waals surface area contributed by atoms with E-state index < -0.39 is 12.1 Å². The number of imide groups is 1. The molecule has 1 heterocycles. The summed E-state index contributed by atoms with van der Waals surface area (Å²) in [5.41, 5.74) is -0.156. The van der Waals surface area contributed by atoms with E-state index in [2.05, 4.69) is 0 Å². The van der Waals surface area contributed by atoms with E-state index in [1.807, 2.05) is 0 Å². The van der Waals surface area contributed by atoms with Gasteiger partial charge in [-0.3, -0.25) is 14.5 Å². The standard InChI is InChI=1S/C13H19NO5/c1-19-9(12(17)18)8-14-10(15)6-13(7-11(14)16)4-2-3-5-13/h9H,2-8H2,1H3,(H,17,18). The zero-order valence-electron chi connectivity index (χ0n) is 11.1. The second kappa shape index (κ2) is 5.28. The lowest BCUT2D eigenvalue weighted by Gasteiger charge is -2.37. The number of nitrogens with zero attached hydrogens (tertiary/aromatic N) is 1. The number of hydrogen-bond acceptors (Lipinski definition) is 4. The summed E-state index contributed by atoms with van der Waals surface area (Å²) in [5, 5.41) is 8.91. The number of amides is 2. The molecule has 0 aromatic carbocycles. The SMILES string of the molecule is COC(CN1C(=O)CC2(CCCC2)CC1=O)C(=O)O. The van der Waals surface area contributed by atoms with Gasteiger partial charge in [0.1, 0.15) is 0 Å². The average Bonchev–Trinajstić information content (AvgIpc) is 2.76. The Kier molecular flexibility index (Phi) is 3.89. The van der Waals surface area contributed by atoms with Crippen LogP contribution in [0.3, 0.4) is 0 Å². The highest BCUT2D eigenvalue weighted by atomic mass is 16.5. The van der Waals surface area contributed by atoms with Crippen LogP contribution >= 0.6 is 0 Å². The van der Waals surface area contributed by atoms with Crippen LogP contribution in [0.5, 0.6) is 0 Å². The van der Waals surface area contributed by atoms with E-state index in [9.17, 15) is 14.4 Å². The van der Waals surface area contributed by atoms with Crippen LogP contribution in [0.25, 0.3) is 0 Å². The minimum atomic E-state index is -1.16. The Labute approximate surface area is 111 Å². The third kappa shape index (κ3) is 2.78. The second-order valence-electron chi connectivity index (χ2n) is 5.52. The van der Waals surface area contributed by atoms with Crippen molar-refractivity contribution in [3.05, 3.63) is 0 Å². The Morgan fingerprint density at radius 1 is 1.32 bits per heavy atom. The van der Waals surface area contributed by atoms with Crippen molar-refractivity contribution in [2.24, 2.45) is 5.41 Å². The number of piperidine rings is 1. The Morgan fingerprint density at radius 3 is 2.26 bits per heavy atom. The van der Waals surface area contributed by atoms with E-state index in [4.69, 9.17) is 9.84 Å². The van der Waals surface area contributed by atoms with Crippen molar-refractivity contribution in [1.29, 1.82) is 0 Å². The number of rotatable bonds is 4. The average molecular weight is 269 g/mol. The Bertz CT molecular complexity index is 380. The maximum Gasteiger partial charge on any atom is 0.334 e. The van der Waals surface area contributed by atoms with E-state index in [-0.39, 0.29) is 23.8 Å². The summed E-state index contributed by atoms with van der Waals surface area (Å²) in [6.45, 7) is -0.195. The summed E-state index contributed by atoms with van der Waals surface area (Å²) in [7, 11) is 1.26. The van der Waals surface area contributed by atoms with Crippen molar-refractivity contribution in [1.82, 2.24) is 4.90 Å². The number of carboxylic acids is 1. The Balaban J connectivity index is 2.05. The van der Waals surface area contributed by atoms with Crippen molar-refractivity contribution in [2.45, 2.75) is 44.6 Å². The van der Waals surface area contributed by atoms with Gasteiger partial charge in [0.25, 0.3) is 0 Å². The quantitative estimate of drug-likeness (QED) is 0.763. The molecule has 1 saturated carbocycles. The van der Waals surface area contributed by atoms with Gasteiger partial charge in [-0.1, -0.05) is 12.8 Å². The molecule has 2 fully saturated rings. The number of aliphatic carboxylic acids is 1. The Hall–Kier alpha value is -1.43. The normalized spacial score (nSPS) is 23.9. The monoisotopic (exact) mass is 269 g/mol. The molecule has 6 heteroatoms. The fourth-order valence-corrected chi connectivity index (χ4v) is 3.14. The van der Waals surface area contributed by atoms with Crippen LogP contribution in [0.15, 0.2) is 0 Å². The van der Waals surface area contributed by atoms with Crippen LogP contribution in [0.1, 0.15) is 38.5 Å². The van der Waals surface area contributed by atoms with Gasteiger partial charge in [-0.25, -0.2) is 4.79 Å². The first-order chi connectivity index (χ1) is 8.97. The van der Waals surface area contributed by atoms with Gasteiger partial charge < -0.3 is 9.84 Å². The van der Waals surface area contributed by atoms with Crippen LogP contribution in [0, 0.1) is 5.41 Å². The van der Waals surface area contributed by atoms with Crippen molar-refractivity contribution < 1.29 is 24.2 Å². The number of carbonyl (C=O) groups excluding carboxylic acids is 2. The minimum absolute atomic E-state index is 0.156. The molecule has 6 nitrogen and oxygen atoms in total. The predicted octanol–water partition coefficient (Wildman–Crippen LogP) is 0.795. The van der Waals surface area contributed by atoms with E-state index in [1.165, 1.54) is 7.11 Å². The fraction of sp³-hybridized carbons (Fsp3) is 0.769. The third-order valence-electron chi connectivity index (χ3n) is 4.23. The molecule has 0 aromatic rings. The topological polar surface area (TPSA) is 83.9 Å². The number of hydrogen-bond donors (Lipinski definition) is 1. The molecular formula is C13H19NO5. The van der Waals surface area contributed by atoms with E-state index in [1.54, 1.807) is 0 Å². The number of carbonyl (C=O) groups is 3. The lowest BCUT2D eigenvalue weighted by Crippen LogP contribution is -2.51. The van der Waals surface area contributed by atoms with Gasteiger partial charge in [0.2, 0.25) is 11.8 Å². The molecule has 19 heavy (non-hydrogen) atoms. The lowest BCUT2D eigenvalue weighted by atomic mass is 9.76. The molecular weight excluding hydrogens is 250 g/mol. The highest BCUT2D eigenvalue weighted by molar-refractivity contribution is 5.99. The fourth-order valence-electron chi connectivity index (χ4n) is 3.14. The summed E-state index contributed by atoms with van der Waals surface area (Å²) in [6.07, 6.45) is 3.54. The van der Waals surface area contributed by atoms with Crippen molar-refractivity contribution in [3.63, 3.8) is 0 Å². The van der Waals surface area contributed by atoms with Crippen molar-refractivity contribution in [2.75, 3.05) is 13.7 Å². The van der Waals surface area contributed by atoms with Gasteiger partial charge in [-0.15, -0.1) is 0 Å². The van der Waals surface area contributed by atoms with Crippen LogP contribution in [-0.4, -0.2) is 47.5 Å². The highest BCUT2D eigenvalue weighted by Gasteiger charge is 2.45. The first-order valence-corrected chi connectivity index (χ1v) is 6.56. The molecule has 1 N–H and O–H groups in total. The lowest BCUT2D eigenvalue weighted by molar-refractivity contribution is -0.159. The summed E-state index contributed by atoms with van der Waals surface area (Å²) in [4.78, 5) is 36.1. The van der Waals surface area contributed by atoms with Gasteiger partial charge in [-0.05, 0) is 18.3 Å². The summed E-state index contributed by atoms with van der Waals surface area (Å²) in [6, 6.07) is 0. The van der Waals surface area contributed by atoms with Crippen molar-refractivity contribution in [3.8, 4) is 0 Å². The van der Waals surface area contributed by atoms with Crippen LogP contribution in [0.2, 0.25) is 0 Å². The molecule has 1 unspecified atom stereocenters. The first kappa shape index (κ1) is 14.0. The summed E-state index contributed by atoms with van der Waals surface area (Å²) in [5.74, 6) is -1.69. The largest absolute Gasteiger partial charge is 0.479 e. The van der Waals surface area contributed by atoms with Crippen LogP contribution < -0.4 is 0 Å². The molecule has 0 radical (unpaired) electrons.